The summed E-state index contributed by atoms with van der Waals surface area (Å²) in [6.45, 7) is 2.54. The molecule has 0 aliphatic rings. The van der Waals surface area contributed by atoms with Crippen molar-refractivity contribution in [3.63, 3.8) is 0 Å². The van der Waals surface area contributed by atoms with Gasteiger partial charge in [-0.15, -0.1) is 0 Å². The Balaban J connectivity index is 1.74. The normalized spacial score (nSPS) is 10.0. The van der Waals surface area contributed by atoms with Gasteiger partial charge in [0.15, 0.2) is 0 Å². The van der Waals surface area contributed by atoms with Crippen LogP contribution in [0.25, 0.3) is 0 Å². The molecular formula is C23H21N3O2. The second kappa shape index (κ2) is 9.33. The number of hydrogen-bond donors (Lipinski definition) is 1. The zero-order chi connectivity index (χ0) is 19.8. The molecule has 0 atom stereocenters. The fourth-order valence-electron chi connectivity index (χ4n) is 2.57. The number of aromatic nitrogens is 2. The fourth-order valence-corrected chi connectivity index (χ4v) is 2.57. The molecule has 2 aromatic carbocycles. The Kier molecular flexibility index (Phi) is 6.37. The van der Waals surface area contributed by atoms with Gasteiger partial charge in [0, 0.05) is 29.4 Å². The summed E-state index contributed by atoms with van der Waals surface area (Å²) in [5.74, 6) is 5.82. The number of carbonyl (C=O) groups is 1. The number of amides is 1. The second-order valence-corrected chi connectivity index (χ2v) is 6.28. The number of nitrogens with one attached hydrogen (secondary N) is 1. The molecular weight excluding hydrogens is 350 g/mol. The van der Waals surface area contributed by atoms with E-state index in [9.17, 15) is 9.59 Å². The molecule has 0 saturated carbocycles. The molecule has 28 heavy (non-hydrogen) atoms. The highest BCUT2D eigenvalue weighted by Crippen LogP contribution is 2.11. The van der Waals surface area contributed by atoms with Crippen LogP contribution in [-0.2, 0) is 6.54 Å². The van der Waals surface area contributed by atoms with Gasteiger partial charge in [0.05, 0.1) is 0 Å². The van der Waals surface area contributed by atoms with Gasteiger partial charge >= 0.3 is 0 Å². The van der Waals surface area contributed by atoms with Crippen LogP contribution in [0.2, 0.25) is 0 Å². The van der Waals surface area contributed by atoms with Gasteiger partial charge in [-0.3, -0.25) is 9.59 Å². The maximum Gasteiger partial charge on any atom is 0.276 e. The van der Waals surface area contributed by atoms with Crippen molar-refractivity contribution < 1.29 is 4.79 Å². The predicted molar refractivity (Wildman–Crippen MR) is 110 cm³/mol. The summed E-state index contributed by atoms with van der Waals surface area (Å²) in [4.78, 5) is 24.4. The number of nitrogens with zero attached hydrogens (tertiary/aromatic N) is 2. The van der Waals surface area contributed by atoms with Gasteiger partial charge in [0.25, 0.3) is 11.5 Å². The smallest absolute Gasteiger partial charge is 0.276 e. The van der Waals surface area contributed by atoms with Crippen LogP contribution in [0.1, 0.15) is 41.4 Å². The molecule has 0 spiro atoms. The van der Waals surface area contributed by atoms with Gasteiger partial charge in [0.1, 0.15) is 5.69 Å². The summed E-state index contributed by atoms with van der Waals surface area (Å²) in [6.07, 6.45) is 1.78. The van der Waals surface area contributed by atoms with Crippen LogP contribution < -0.4 is 10.9 Å². The summed E-state index contributed by atoms with van der Waals surface area (Å²) in [7, 11) is 0. The first kappa shape index (κ1) is 19.1. The molecule has 0 fully saturated rings. The van der Waals surface area contributed by atoms with Crippen LogP contribution in [0.3, 0.4) is 0 Å². The van der Waals surface area contributed by atoms with Crippen LogP contribution in [0, 0.1) is 11.8 Å². The Morgan fingerprint density at radius 2 is 1.75 bits per heavy atom. The van der Waals surface area contributed by atoms with Crippen LogP contribution in [0.4, 0.5) is 5.69 Å². The molecule has 0 radical (unpaired) electrons. The van der Waals surface area contributed by atoms with Gasteiger partial charge in [0.2, 0.25) is 0 Å². The monoisotopic (exact) mass is 371 g/mol. The standard InChI is InChI=1S/C23H21N3O2/c1-2-3-16-26-22(27)15-14-21(25-26)23(28)24-20-11-7-10-19(17-20)13-12-18-8-5-4-6-9-18/h4-11,14-15,17H,2-3,16H2,1H3,(H,24,28). The van der Waals surface area contributed by atoms with Crippen LogP contribution >= 0.6 is 0 Å². The molecule has 0 unspecified atom stereocenters. The van der Waals surface area contributed by atoms with Crippen LogP contribution in [0.15, 0.2) is 71.5 Å². The van der Waals surface area contributed by atoms with Crippen molar-refractivity contribution in [2.75, 3.05) is 5.32 Å². The minimum absolute atomic E-state index is 0.205. The van der Waals surface area contributed by atoms with Gasteiger partial charge < -0.3 is 5.32 Å². The summed E-state index contributed by atoms with van der Waals surface area (Å²) in [5, 5.41) is 6.98. The topological polar surface area (TPSA) is 64.0 Å². The highest BCUT2D eigenvalue weighted by Gasteiger charge is 2.10. The first-order valence-corrected chi connectivity index (χ1v) is 9.22. The molecule has 0 aliphatic heterocycles. The van der Waals surface area contributed by atoms with Gasteiger partial charge in [-0.25, -0.2) is 4.68 Å². The van der Waals surface area contributed by atoms with E-state index in [-0.39, 0.29) is 17.2 Å². The third-order valence-corrected chi connectivity index (χ3v) is 4.07. The molecule has 5 nitrogen and oxygen atoms in total. The molecule has 0 bridgehead atoms. The van der Waals surface area contributed by atoms with Gasteiger partial charge in [-0.1, -0.05) is 49.5 Å². The van der Waals surface area contributed by atoms with Crippen molar-refractivity contribution in [1.82, 2.24) is 9.78 Å². The summed E-state index contributed by atoms with van der Waals surface area (Å²) < 4.78 is 1.33. The predicted octanol–water partition coefficient (Wildman–Crippen LogP) is 3.70. The quantitative estimate of drug-likeness (QED) is 0.696. The van der Waals surface area contributed by atoms with E-state index in [1.807, 2.05) is 49.4 Å². The first-order valence-electron chi connectivity index (χ1n) is 9.22. The minimum atomic E-state index is -0.363. The van der Waals surface area contributed by atoms with E-state index in [2.05, 4.69) is 22.3 Å². The lowest BCUT2D eigenvalue weighted by Gasteiger charge is -2.08. The molecule has 1 N–H and O–H groups in total. The second-order valence-electron chi connectivity index (χ2n) is 6.28. The molecule has 3 rings (SSSR count). The van der Waals surface area contributed by atoms with Crippen LogP contribution in [-0.4, -0.2) is 15.7 Å². The number of anilines is 1. The molecule has 0 aliphatic carbocycles. The maximum absolute atomic E-state index is 12.5. The van der Waals surface area contributed by atoms with Crippen molar-refractivity contribution in [3.8, 4) is 11.8 Å². The van der Waals surface area contributed by atoms with E-state index in [0.29, 0.717) is 12.2 Å². The van der Waals surface area contributed by atoms with E-state index >= 15 is 0 Å². The number of unbranched alkanes of at least 4 members (excludes halogenated alkanes) is 1. The van der Waals surface area contributed by atoms with Crippen molar-refractivity contribution in [2.24, 2.45) is 0 Å². The third kappa shape index (κ3) is 5.18. The van der Waals surface area contributed by atoms with Gasteiger partial charge in [-0.2, -0.15) is 5.10 Å². The summed E-state index contributed by atoms with van der Waals surface area (Å²) in [6, 6.07) is 19.8. The Morgan fingerprint density at radius 3 is 2.54 bits per heavy atom. The Labute approximate surface area is 164 Å². The Bertz CT molecular complexity index is 1080. The number of rotatable bonds is 5. The molecule has 5 heteroatoms. The fraction of sp³-hybridized carbons (Fsp3) is 0.174. The average Bonchev–Trinajstić information content (AvgIpc) is 2.72. The summed E-state index contributed by atoms with van der Waals surface area (Å²) in [5.41, 5.74) is 2.34. The average molecular weight is 371 g/mol. The SMILES string of the molecule is CCCCn1nc(C(=O)Nc2cccc(C#Cc3ccccc3)c2)ccc1=O. The largest absolute Gasteiger partial charge is 0.321 e. The molecule has 1 amide bonds. The lowest BCUT2D eigenvalue weighted by Crippen LogP contribution is -2.26. The van der Waals surface area contributed by atoms with E-state index in [4.69, 9.17) is 0 Å². The Hall–Kier alpha value is -3.65. The minimum Gasteiger partial charge on any atom is -0.321 e. The number of hydrogen-bond acceptors (Lipinski definition) is 3. The third-order valence-electron chi connectivity index (χ3n) is 4.07. The lowest BCUT2D eigenvalue weighted by molar-refractivity contribution is 0.101. The zero-order valence-corrected chi connectivity index (χ0v) is 15.7. The number of benzene rings is 2. The van der Waals surface area contributed by atoms with Crippen LogP contribution in [0.5, 0.6) is 0 Å². The summed E-state index contributed by atoms with van der Waals surface area (Å²) >= 11 is 0. The van der Waals surface area contributed by atoms with Crippen molar-refractivity contribution in [2.45, 2.75) is 26.3 Å². The van der Waals surface area contributed by atoms with Crippen molar-refractivity contribution >= 4 is 11.6 Å². The lowest BCUT2D eigenvalue weighted by atomic mass is 10.1. The molecule has 0 saturated heterocycles. The van der Waals surface area contributed by atoms with Gasteiger partial charge in [-0.05, 0) is 42.8 Å². The highest BCUT2D eigenvalue weighted by molar-refractivity contribution is 6.02. The molecule has 1 aromatic heterocycles. The first-order chi connectivity index (χ1) is 13.7. The number of carbonyl (C=O) groups excluding carboxylic acids is 1. The maximum atomic E-state index is 12.5. The van der Waals surface area contributed by atoms with E-state index in [0.717, 1.165) is 24.0 Å². The zero-order valence-electron chi connectivity index (χ0n) is 15.7. The van der Waals surface area contributed by atoms with E-state index < -0.39 is 0 Å². The number of aryl methyl sites for hydroxylation is 1. The Morgan fingerprint density at radius 1 is 1.00 bits per heavy atom. The molecule has 1 heterocycles. The molecule has 140 valence electrons. The highest BCUT2D eigenvalue weighted by atomic mass is 16.2. The molecule has 3 aromatic rings. The van der Waals surface area contributed by atoms with E-state index in [1.165, 1.54) is 16.8 Å². The van der Waals surface area contributed by atoms with Crippen molar-refractivity contribution in [1.29, 1.82) is 0 Å². The van der Waals surface area contributed by atoms with E-state index in [1.54, 1.807) is 12.1 Å². The van der Waals surface area contributed by atoms with Crippen molar-refractivity contribution in [3.05, 3.63) is 93.9 Å².